The quantitative estimate of drug-likeness (QED) is 0.859. The molecule has 0 radical (unpaired) electrons. The molecule has 112 valence electrons. The van der Waals surface area contributed by atoms with Gasteiger partial charge in [0.05, 0.1) is 6.61 Å². The van der Waals surface area contributed by atoms with Crippen molar-refractivity contribution in [2.24, 2.45) is 0 Å². The summed E-state index contributed by atoms with van der Waals surface area (Å²) in [4.78, 5) is 14.5. The Bertz CT molecular complexity index is 522. The first-order valence-electron chi connectivity index (χ1n) is 7.66. The van der Waals surface area contributed by atoms with Gasteiger partial charge in [-0.25, -0.2) is 4.79 Å². The normalized spacial score (nSPS) is 24.0. The van der Waals surface area contributed by atoms with Gasteiger partial charge in [-0.3, -0.25) is 0 Å². The zero-order valence-electron chi connectivity index (χ0n) is 12.5. The lowest BCUT2D eigenvalue weighted by Gasteiger charge is -2.35. The summed E-state index contributed by atoms with van der Waals surface area (Å²) in [5.74, 6) is 0.824. The zero-order valence-corrected chi connectivity index (χ0v) is 12.5. The first-order chi connectivity index (χ1) is 10.2. The number of carbonyl (C=O) groups is 1. The lowest BCUT2D eigenvalue weighted by molar-refractivity contribution is 0.174. The largest absolute Gasteiger partial charge is 0.494 e. The topological polar surface area (TPSA) is 41.6 Å². The Hall–Kier alpha value is -1.97. The molecule has 2 aliphatic heterocycles. The van der Waals surface area contributed by atoms with Crippen LogP contribution in [-0.2, 0) is 0 Å². The van der Waals surface area contributed by atoms with Crippen molar-refractivity contribution in [1.29, 1.82) is 0 Å². The molecular weight excluding hydrogens is 264 g/mol. The van der Waals surface area contributed by atoms with Crippen LogP contribution < -0.4 is 10.1 Å². The van der Waals surface area contributed by atoms with Gasteiger partial charge in [0.15, 0.2) is 0 Å². The van der Waals surface area contributed by atoms with Gasteiger partial charge in [0.1, 0.15) is 5.75 Å². The van der Waals surface area contributed by atoms with E-state index in [2.05, 4.69) is 11.9 Å². The molecule has 0 aliphatic carbocycles. The van der Waals surface area contributed by atoms with Gasteiger partial charge >= 0.3 is 6.03 Å². The molecule has 1 N–H and O–H groups in total. The Morgan fingerprint density at radius 1 is 1.29 bits per heavy atom. The number of hydrogen-bond donors (Lipinski definition) is 1. The molecule has 2 aliphatic rings. The van der Waals surface area contributed by atoms with Crippen molar-refractivity contribution in [3.8, 4) is 5.75 Å². The summed E-state index contributed by atoms with van der Waals surface area (Å²) in [6.45, 7) is 6.69. The molecule has 3 rings (SSSR count). The third-order valence-electron chi connectivity index (χ3n) is 4.32. The molecule has 2 atom stereocenters. The van der Waals surface area contributed by atoms with Gasteiger partial charge in [0.25, 0.3) is 0 Å². The van der Waals surface area contributed by atoms with E-state index in [1.54, 1.807) is 0 Å². The van der Waals surface area contributed by atoms with Crippen LogP contribution in [-0.4, -0.2) is 29.6 Å². The van der Waals surface area contributed by atoms with Gasteiger partial charge in [0, 0.05) is 17.8 Å². The second-order valence-electron chi connectivity index (χ2n) is 5.84. The van der Waals surface area contributed by atoms with Crippen LogP contribution >= 0.6 is 0 Å². The van der Waals surface area contributed by atoms with Crippen LogP contribution in [0.15, 0.2) is 36.4 Å². The Labute approximate surface area is 125 Å². The monoisotopic (exact) mass is 286 g/mol. The van der Waals surface area contributed by atoms with E-state index in [1.165, 1.54) is 5.57 Å². The highest BCUT2D eigenvalue weighted by molar-refractivity contribution is 5.90. The van der Waals surface area contributed by atoms with Crippen molar-refractivity contribution in [3.05, 3.63) is 36.4 Å². The number of hydrogen-bond acceptors (Lipinski definition) is 2. The average Bonchev–Trinajstić information content (AvgIpc) is 2.74. The minimum atomic E-state index is 0.0131. The fourth-order valence-corrected chi connectivity index (χ4v) is 3.43. The van der Waals surface area contributed by atoms with E-state index in [9.17, 15) is 4.79 Å². The SMILES string of the molecule is C=C1CC2CCC(C1)N2C(=O)Nc1ccc(OCC)cc1. The first-order valence-corrected chi connectivity index (χ1v) is 7.66. The van der Waals surface area contributed by atoms with E-state index in [0.29, 0.717) is 18.7 Å². The van der Waals surface area contributed by atoms with Crippen molar-refractivity contribution < 1.29 is 9.53 Å². The van der Waals surface area contributed by atoms with E-state index in [0.717, 1.165) is 37.1 Å². The summed E-state index contributed by atoms with van der Waals surface area (Å²) in [7, 11) is 0. The predicted octanol–water partition coefficient (Wildman–Crippen LogP) is 3.80. The summed E-state index contributed by atoms with van der Waals surface area (Å²) in [5, 5.41) is 3.00. The standard InChI is InChI=1S/C17H22N2O2/c1-3-21-16-8-4-13(5-9-16)18-17(20)19-14-6-7-15(19)11-12(2)10-14/h4-5,8-9,14-15H,2-3,6-7,10-11H2,1H3,(H,18,20). The van der Waals surface area contributed by atoms with Crippen LogP contribution in [0, 0.1) is 0 Å². The van der Waals surface area contributed by atoms with Crippen LogP contribution in [0.2, 0.25) is 0 Å². The molecular formula is C17H22N2O2. The number of fused-ring (bicyclic) bond motifs is 2. The highest BCUT2D eigenvalue weighted by Gasteiger charge is 2.40. The summed E-state index contributed by atoms with van der Waals surface area (Å²) < 4.78 is 5.41. The second-order valence-corrected chi connectivity index (χ2v) is 5.84. The van der Waals surface area contributed by atoms with Gasteiger partial charge in [-0.2, -0.15) is 0 Å². The molecule has 2 fully saturated rings. The molecule has 4 nitrogen and oxygen atoms in total. The number of carbonyl (C=O) groups excluding carboxylic acids is 1. The molecule has 1 aromatic rings. The fraction of sp³-hybridized carbons (Fsp3) is 0.471. The van der Waals surface area contributed by atoms with E-state index >= 15 is 0 Å². The number of amides is 2. The Kier molecular flexibility index (Phi) is 3.86. The Balaban J connectivity index is 1.65. The summed E-state index contributed by atoms with van der Waals surface area (Å²) in [6.07, 6.45) is 4.10. The third kappa shape index (κ3) is 2.89. The van der Waals surface area contributed by atoms with E-state index in [-0.39, 0.29) is 6.03 Å². The Morgan fingerprint density at radius 2 is 1.90 bits per heavy atom. The molecule has 0 aromatic heterocycles. The lowest BCUT2D eigenvalue weighted by Crippen LogP contribution is -2.46. The molecule has 2 amide bonds. The smallest absolute Gasteiger partial charge is 0.322 e. The molecule has 4 heteroatoms. The number of nitrogens with one attached hydrogen (secondary N) is 1. The second kappa shape index (κ2) is 5.80. The van der Waals surface area contributed by atoms with Crippen LogP contribution in [0.4, 0.5) is 10.5 Å². The summed E-state index contributed by atoms with van der Waals surface area (Å²) in [6, 6.07) is 8.20. The van der Waals surface area contributed by atoms with Crippen molar-refractivity contribution in [2.75, 3.05) is 11.9 Å². The summed E-state index contributed by atoms with van der Waals surface area (Å²) in [5.41, 5.74) is 2.10. The third-order valence-corrected chi connectivity index (χ3v) is 4.32. The molecule has 0 spiro atoms. The molecule has 21 heavy (non-hydrogen) atoms. The van der Waals surface area contributed by atoms with E-state index in [1.807, 2.05) is 36.1 Å². The number of nitrogens with zero attached hydrogens (tertiary/aromatic N) is 1. The number of piperidine rings is 1. The molecule has 2 unspecified atom stereocenters. The average molecular weight is 286 g/mol. The van der Waals surface area contributed by atoms with Crippen LogP contribution in [0.5, 0.6) is 5.75 Å². The number of ether oxygens (including phenoxy) is 1. The molecule has 2 saturated heterocycles. The fourth-order valence-electron chi connectivity index (χ4n) is 3.43. The minimum absolute atomic E-state index is 0.0131. The highest BCUT2D eigenvalue weighted by atomic mass is 16.5. The van der Waals surface area contributed by atoms with Crippen molar-refractivity contribution in [2.45, 2.75) is 44.7 Å². The van der Waals surface area contributed by atoms with Crippen molar-refractivity contribution in [1.82, 2.24) is 4.90 Å². The van der Waals surface area contributed by atoms with E-state index in [4.69, 9.17) is 4.74 Å². The Morgan fingerprint density at radius 3 is 2.48 bits per heavy atom. The number of rotatable bonds is 3. The number of anilines is 1. The van der Waals surface area contributed by atoms with Gasteiger partial charge in [-0.1, -0.05) is 12.2 Å². The van der Waals surface area contributed by atoms with Gasteiger partial charge in [0.2, 0.25) is 0 Å². The minimum Gasteiger partial charge on any atom is -0.494 e. The van der Waals surface area contributed by atoms with Crippen LogP contribution in [0.3, 0.4) is 0 Å². The lowest BCUT2D eigenvalue weighted by atomic mass is 9.99. The van der Waals surface area contributed by atoms with Gasteiger partial charge < -0.3 is 15.0 Å². The highest BCUT2D eigenvalue weighted by Crippen LogP contribution is 2.38. The first kappa shape index (κ1) is 14.0. The number of benzene rings is 1. The van der Waals surface area contributed by atoms with Crippen molar-refractivity contribution >= 4 is 11.7 Å². The van der Waals surface area contributed by atoms with Crippen LogP contribution in [0.1, 0.15) is 32.6 Å². The van der Waals surface area contributed by atoms with Gasteiger partial charge in [-0.05, 0) is 56.9 Å². The predicted molar refractivity (Wildman–Crippen MR) is 83.7 cm³/mol. The van der Waals surface area contributed by atoms with Crippen LogP contribution in [0.25, 0.3) is 0 Å². The zero-order chi connectivity index (χ0) is 14.8. The maximum Gasteiger partial charge on any atom is 0.322 e. The summed E-state index contributed by atoms with van der Waals surface area (Å²) >= 11 is 0. The van der Waals surface area contributed by atoms with E-state index < -0.39 is 0 Å². The number of urea groups is 1. The maximum absolute atomic E-state index is 12.5. The van der Waals surface area contributed by atoms with Crippen molar-refractivity contribution in [3.63, 3.8) is 0 Å². The van der Waals surface area contributed by atoms with Gasteiger partial charge in [-0.15, -0.1) is 0 Å². The molecule has 0 saturated carbocycles. The molecule has 2 bridgehead atoms. The maximum atomic E-state index is 12.5. The molecule has 1 aromatic carbocycles. The molecule has 2 heterocycles.